The molecule has 2 rings (SSSR count). The summed E-state index contributed by atoms with van der Waals surface area (Å²) in [7, 11) is -1.96. The molecule has 28 heavy (non-hydrogen) atoms. The van der Waals surface area contributed by atoms with E-state index in [0.717, 1.165) is 17.7 Å². The van der Waals surface area contributed by atoms with Gasteiger partial charge in [-0.3, -0.25) is 0 Å². The van der Waals surface area contributed by atoms with E-state index in [1.165, 1.54) is 11.1 Å². The average molecular weight is 405 g/mol. The maximum absolute atomic E-state index is 10.9. The van der Waals surface area contributed by atoms with Crippen molar-refractivity contribution in [2.24, 2.45) is 10.2 Å². The highest BCUT2D eigenvalue weighted by Crippen LogP contribution is 2.44. The van der Waals surface area contributed by atoms with Crippen molar-refractivity contribution in [2.75, 3.05) is 0 Å². The average Bonchev–Trinajstić information content (AvgIpc) is 3.28. The zero-order valence-electron chi connectivity index (χ0n) is 19.6. The van der Waals surface area contributed by atoms with Crippen molar-refractivity contribution in [3.63, 3.8) is 0 Å². The monoisotopic (exact) mass is 404 g/mol. The smallest absolute Gasteiger partial charge is 0.250 e. The molecule has 1 aliphatic heterocycles. The van der Waals surface area contributed by atoms with E-state index >= 15 is 0 Å². The number of nitrogens with zero attached hydrogens (tertiary/aromatic N) is 2. The van der Waals surface area contributed by atoms with Crippen LogP contribution >= 0.6 is 0 Å². The predicted octanol–water partition coefficient (Wildman–Crippen LogP) is 7.31. The molecule has 0 amide bonds. The second-order valence-corrected chi connectivity index (χ2v) is 15.4. The van der Waals surface area contributed by atoms with Crippen LogP contribution in [0.25, 0.3) is 0 Å². The van der Waals surface area contributed by atoms with Crippen LogP contribution in [-0.2, 0) is 0 Å². The van der Waals surface area contributed by atoms with Crippen LogP contribution in [0.4, 0.5) is 0 Å². The standard InChI is InChI=1S/C23H40N2O2Si/c1-15(2)18-13-17(20(26)11-12-23(8)24-25-23)14-19(16(3)4)21(18)27-28(9,10)22(5,6)7/h13-16,20,26H,11-12H2,1-10H3. The molecule has 1 N–H and O–H groups in total. The van der Waals surface area contributed by atoms with E-state index in [0.29, 0.717) is 18.3 Å². The van der Waals surface area contributed by atoms with Crippen LogP contribution in [0.15, 0.2) is 22.4 Å². The third kappa shape index (κ3) is 5.23. The van der Waals surface area contributed by atoms with Gasteiger partial charge in [0.15, 0.2) is 5.66 Å². The first kappa shape index (κ1) is 23.1. The molecular formula is C23H40N2O2Si. The number of benzene rings is 1. The Kier molecular flexibility index (Phi) is 6.52. The van der Waals surface area contributed by atoms with E-state index in [9.17, 15) is 5.11 Å². The summed E-state index contributed by atoms with van der Waals surface area (Å²) >= 11 is 0. The molecule has 0 aliphatic carbocycles. The van der Waals surface area contributed by atoms with Gasteiger partial charge in [0.25, 0.3) is 8.32 Å². The third-order valence-corrected chi connectivity index (χ3v) is 10.6. The molecule has 0 saturated heterocycles. The van der Waals surface area contributed by atoms with Crippen molar-refractivity contribution in [3.05, 3.63) is 28.8 Å². The minimum atomic E-state index is -1.96. The first-order valence-corrected chi connectivity index (χ1v) is 13.6. The van der Waals surface area contributed by atoms with Gasteiger partial charge in [0, 0.05) is 0 Å². The Morgan fingerprint density at radius 1 is 1.04 bits per heavy atom. The van der Waals surface area contributed by atoms with Gasteiger partial charge >= 0.3 is 0 Å². The topological polar surface area (TPSA) is 54.2 Å². The second-order valence-electron chi connectivity index (χ2n) is 10.7. The normalized spacial score (nSPS) is 17.3. The maximum Gasteiger partial charge on any atom is 0.250 e. The van der Waals surface area contributed by atoms with Gasteiger partial charge < -0.3 is 9.53 Å². The van der Waals surface area contributed by atoms with Crippen LogP contribution in [0.5, 0.6) is 5.75 Å². The molecule has 1 aromatic rings. The number of aliphatic hydroxyl groups is 1. The zero-order valence-corrected chi connectivity index (χ0v) is 20.6. The summed E-state index contributed by atoms with van der Waals surface area (Å²) in [5, 5.41) is 19.1. The highest BCUT2D eigenvalue weighted by atomic mass is 28.4. The Balaban J connectivity index is 2.43. The quantitative estimate of drug-likeness (QED) is 0.462. The van der Waals surface area contributed by atoms with Gasteiger partial charge in [0.05, 0.1) is 6.10 Å². The Hall–Kier alpha value is -1.20. The highest BCUT2D eigenvalue weighted by Gasteiger charge is 2.40. The first-order chi connectivity index (χ1) is 12.7. The molecule has 4 nitrogen and oxygen atoms in total. The van der Waals surface area contributed by atoms with E-state index in [2.05, 4.69) is 83.9 Å². The van der Waals surface area contributed by atoms with Gasteiger partial charge in [-0.15, -0.1) is 0 Å². The lowest BCUT2D eigenvalue weighted by atomic mass is 9.89. The molecule has 0 radical (unpaired) electrons. The number of rotatable bonds is 8. The Morgan fingerprint density at radius 3 is 1.86 bits per heavy atom. The van der Waals surface area contributed by atoms with Crippen LogP contribution in [0.2, 0.25) is 18.1 Å². The molecule has 1 aliphatic rings. The minimum Gasteiger partial charge on any atom is -0.543 e. The SMILES string of the molecule is CC(C)c1cc(C(O)CCC2(C)N=N2)cc(C(C)C)c1O[Si](C)(C)C(C)(C)C. The predicted molar refractivity (Wildman–Crippen MR) is 120 cm³/mol. The van der Waals surface area contributed by atoms with Gasteiger partial charge in [-0.1, -0.05) is 48.5 Å². The van der Waals surface area contributed by atoms with Crippen molar-refractivity contribution in [1.29, 1.82) is 0 Å². The molecular weight excluding hydrogens is 364 g/mol. The minimum absolute atomic E-state index is 0.139. The van der Waals surface area contributed by atoms with E-state index < -0.39 is 14.4 Å². The van der Waals surface area contributed by atoms with Crippen LogP contribution in [0.1, 0.15) is 103 Å². The van der Waals surface area contributed by atoms with E-state index in [4.69, 9.17) is 4.43 Å². The number of hydrogen-bond donors (Lipinski definition) is 1. The molecule has 0 spiro atoms. The molecule has 0 aromatic heterocycles. The first-order valence-electron chi connectivity index (χ1n) is 10.7. The fourth-order valence-corrected chi connectivity index (χ4v) is 4.09. The van der Waals surface area contributed by atoms with Crippen LogP contribution < -0.4 is 4.43 Å². The molecule has 1 aromatic carbocycles. The highest BCUT2D eigenvalue weighted by molar-refractivity contribution is 6.74. The number of hydrogen-bond acceptors (Lipinski definition) is 4. The zero-order chi connectivity index (χ0) is 21.5. The van der Waals surface area contributed by atoms with Gasteiger partial charge in [-0.2, -0.15) is 10.2 Å². The fourth-order valence-electron chi connectivity index (χ4n) is 3.04. The third-order valence-electron chi connectivity index (χ3n) is 6.29. The summed E-state index contributed by atoms with van der Waals surface area (Å²) in [6, 6.07) is 4.32. The lowest BCUT2D eigenvalue weighted by Crippen LogP contribution is -2.44. The summed E-state index contributed by atoms with van der Waals surface area (Å²) in [5.74, 6) is 1.71. The molecule has 1 unspecified atom stereocenters. The maximum atomic E-state index is 10.9. The van der Waals surface area contributed by atoms with Crippen LogP contribution in [-0.4, -0.2) is 19.1 Å². The van der Waals surface area contributed by atoms with Gasteiger partial charge in [0.2, 0.25) is 0 Å². The van der Waals surface area contributed by atoms with Gasteiger partial charge in [-0.25, -0.2) is 0 Å². The largest absolute Gasteiger partial charge is 0.543 e. The van der Waals surface area contributed by atoms with Gasteiger partial charge in [0.1, 0.15) is 5.75 Å². The van der Waals surface area contributed by atoms with Crippen molar-refractivity contribution >= 4 is 8.32 Å². The molecule has 0 fully saturated rings. The van der Waals surface area contributed by atoms with Crippen molar-refractivity contribution in [1.82, 2.24) is 0 Å². The molecule has 1 heterocycles. The fraction of sp³-hybridized carbons (Fsp3) is 0.739. The molecule has 158 valence electrons. The lowest BCUT2D eigenvalue weighted by Gasteiger charge is -2.38. The Morgan fingerprint density at radius 2 is 1.50 bits per heavy atom. The summed E-state index contributed by atoms with van der Waals surface area (Å²) in [4.78, 5) is 0. The summed E-state index contributed by atoms with van der Waals surface area (Å²) in [5.41, 5.74) is 3.13. The van der Waals surface area contributed by atoms with Crippen molar-refractivity contribution in [3.8, 4) is 5.75 Å². The Labute approximate surface area is 172 Å². The molecule has 1 atom stereocenters. The van der Waals surface area contributed by atoms with Crippen molar-refractivity contribution < 1.29 is 9.53 Å². The van der Waals surface area contributed by atoms with E-state index in [1.54, 1.807) is 0 Å². The van der Waals surface area contributed by atoms with Gasteiger partial charge in [-0.05, 0) is 78.6 Å². The second kappa shape index (κ2) is 7.90. The van der Waals surface area contributed by atoms with E-state index in [1.807, 2.05) is 6.92 Å². The lowest BCUT2D eigenvalue weighted by molar-refractivity contribution is 0.159. The summed E-state index contributed by atoms with van der Waals surface area (Å²) in [6.45, 7) is 22.2. The van der Waals surface area contributed by atoms with E-state index in [-0.39, 0.29) is 10.7 Å². The molecule has 0 saturated carbocycles. The Bertz CT molecular complexity index is 698. The molecule has 5 heteroatoms. The number of aliphatic hydroxyl groups excluding tert-OH is 1. The summed E-state index contributed by atoms with van der Waals surface area (Å²) in [6.07, 6.45) is 0.950. The van der Waals surface area contributed by atoms with Crippen LogP contribution in [0, 0.1) is 0 Å². The summed E-state index contributed by atoms with van der Waals surface area (Å²) < 4.78 is 6.84. The van der Waals surface area contributed by atoms with Crippen LogP contribution in [0.3, 0.4) is 0 Å². The van der Waals surface area contributed by atoms with Crippen molar-refractivity contribution in [2.45, 2.75) is 110 Å². The molecule has 0 bridgehead atoms.